The summed E-state index contributed by atoms with van der Waals surface area (Å²) in [5.74, 6) is 1.39. The molecule has 3 N–H and O–H groups in total. The second kappa shape index (κ2) is 7.15. The maximum absolute atomic E-state index is 12.2. The molecule has 1 fully saturated rings. The van der Waals surface area contributed by atoms with Crippen molar-refractivity contribution in [3.8, 4) is 0 Å². The third kappa shape index (κ3) is 3.81. The SMILES string of the molecule is O=C1CCSc2ccc(C(=O)NCCC3CCNC3)cc2N1. The standard InChI is InChI=1S/C16H21N3O2S/c20-15-5-8-22-14-2-1-12(9-13(14)19-15)16(21)18-7-4-11-3-6-17-10-11/h1-2,9,11,17H,3-8,10H2,(H,18,21)(H,19,20). The minimum Gasteiger partial charge on any atom is -0.352 e. The first-order valence-electron chi connectivity index (χ1n) is 7.78. The van der Waals surface area contributed by atoms with Crippen molar-refractivity contribution in [3.63, 3.8) is 0 Å². The number of hydrogen-bond acceptors (Lipinski definition) is 4. The van der Waals surface area contributed by atoms with Crippen LogP contribution >= 0.6 is 11.8 Å². The lowest BCUT2D eigenvalue weighted by Gasteiger charge is -2.11. The molecule has 1 atom stereocenters. The van der Waals surface area contributed by atoms with Gasteiger partial charge in [-0.05, 0) is 50.0 Å². The van der Waals surface area contributed by atoms with E-state index in [0.29, 0.717) is 24.4 Å². The maximum atomic E-state index is 12.2. The van der Waals surface area contributed by atoms with Gasteiger partial charge in [-0.25, -0.2) is 0 Å². The lowest BCUT2D eigenvalue weighted by atomic mass is 10.1. The molecule has 0 aliphatic carbocycles. The summed E-state index contributed by atoms with van der Waals surface area (Å²) < 4.78 is 0. The summed E-state index contributed by atoms with van der Waals surface area (Å²) in [4.78, 5) is 24.9. The van der Waals surface area contributed by atoms with Gasteiger partial charge in [0, 0.05) is 29.2 Å². The fraction of sp³-hybridized carbons (Fsp3) is 0.500. The summed E-state index contributed by atoms with van der Waals surface area (Å²) in [6.45, 7) is 2.84. The minimum absolute atomic E-state index is 0.0116. The van der Waals surface area contributed by atoms with Crippen LogP contribution in [0.15, 0.2) is 23.1 Å². The molecule has 6 heteroatoms. The van der Waals surface area contributed by atoms with Crippen LogP contribution in [0.1, 0.15) is 29.6 Å². The number of benzene rings is 1. The van der Waals surface area contributed by atoms with Crippen LogP contribution < -0.4 is 16.0 Å². The molecule has 2 amide bonds. The zero-order chi connectivity index (χ0) is 15.4. The summed E-state index contributed by atoms with van der Waals surface area (Å²) in [5.41, 5.74) is 1.35. The van der Waals surface area contributed by atoms with Crippen molar-refractivity contribution in [1.29, 1.82) is 0 Å². The molecule has 2 aliphatic heterocycles. The Kier molecular flexibility index (Phi) is 5.00. The molecule has 0 aromatic heterocycles. The quantitative estimate of drug-likeness (QED) is 0.792. The van der Waals surface area contributed by atoms with Gasteiger partial charge >= 0.3 is 0 Å². The largest absolute Gasteiger partial charge is 0.352 e. The van der Waals surface area contributed by atoms with Crippen LogP contribution in [0.5, 0.6) is 0 Å². The van der Waals surface area contributed by atoms with Crippen molar-refractivity contribution in [2.75, 3.05) is 30.7 Å². The van der Waals surface area contributed by atoms with Crippen molar-refractivity contribution in [2.45, 2.75) is 24.2 Å². The summed E-state index contributed by atoms with van der Waals surface area (Å²) in [5, 5.41) is 9.17. The highest BCUT2D eigenvalue weighted by atomic mass is 32.2. The van der Waals surface area contributed by atoms with E-state index in [1.165, 1.54) is 6.42 Å². The zero-order valence-corrected chi connectivity index (χ0v) is 13.3. The van der Waals surface area contributed by atoms with Crippen LogP contribution in [0.2, 0.25) is 0 Å². The number of anilines is 1. The molecule has 2 heterocycles. The summed E-state index contributed by atoms with van der Waals surface area (Å²) in [7, 11) is 0. The Morgan fingerprint density at radius 3 is 3.14 bits per heavy atom. The Morgan fingerprint density at radius 2 is 2.32 bits per heavy atom. The minimum atomic E-state index is -0.0720. The average molecular weight is 319 g/mol. The predicted molar refractivity (Wildman–Crippen MR) is 88.3 cm³/mol. The first kappa shape index (κ1) is 15.4. The van der Waals surface area contributed by atoms with Crippen molar-refractivity contribution in [2.24, 2.45) is 5.92 Å². The molecule has 118 valence electrons. The molecule has 3 rings (SSSR count). The van der Waals surface area contributed by atoms with Crippen LogP contribution in [0.25, 0.3) is 0 Å². The number of fused-ring (bicyclic) bond motifs is 1. The highest BCUT2D eigenvalue weighted by Crippen LogP contribution is 2.31. The topological polar surface area (TPSA) is 70.2 Å². The Hall–Kier alpha value is -1.53. The van der Waals surface area contributed by atoms with Gasteiger partial charge in [0.25, 0.3) is 5.91 Å². The molecule has 1 aromatic carbocycles. The Bertz CT molecular complexity index is 571. The van der Waals surface area contributed by atoms with Crippen molar-refractivity contribution in [3.05, 3.63) is 23.8 Å². The highest BCUT2D eigenvalue weighted by Gasteiger charge is 2.17. The molecule has 0 radical (unpaired) electrons. The first-order valence-corrected chi connectivity index (χ1v) is 8.76. The van der Waals surface area contributed by atoms with Gasteiger partial charge in [-0.1, -0.05) is 0 Å². The highest BCUT2D eigenvalue weighted by molar-refractivity contribution is 7.99. The fourth-order valence-electron chi connectivity index (χ4n) is 2.81. The summed E-state index contributed by atoms with van der Waals surface area (Å²) >= 11 is 1.65. The van der Waals surface area contributed by atoms with Gasteiger partial charge < -0.3 is 16.0 Å². The lowest BCUT2D eigenvalue weighted by Crippen LogP contribution is -2.26. The van der Waals surface area contributed by atoms with Crippen LogP contribution in [0, 0.1) is 5.92 Å². The van der Waals surface area contributed by atoms with Crippen molar-refractivity contribution >= 4 is 29.3 Å². The van der Waals surface area contributed by atoms with E-state index in [0.717, 1.165) is 35.8 Å². The summed E-state index contributed by atoms with van der Waals surface area (Å²) in [6, 6.07) is 5.52. The monoisotopic (exact) mass is 319 g/mol. The van der Waals surface area contributed by atoms with E-state index in [-0.39, 0.29) is 11.8 Å². The number of hydrogen-bond donors (Lipinski definition) is 3. The predicted octanol–water partition coefficient (Wildman–Crippen LogP) is 1.85. The molecule has 0 spiro atoms. The Balaban J connectivity index is 1.59. The number of carbonyl (C=O) groups is 2. The van der Waals surface area contributed by atoms with Gasteiger partial charge in [0.15, 0.2) is 0 Å². The molecule has 5 nitrogen and oxygen atoms in total. The van der Waals surface area contributed by atoms with E-state index in [1.807, 2.05) is 12.1 Å². The van der Waals surface area contributed by atoms with E-state index < -0.39 is 0 Å². The molecular weight excluding hydrogens is 298 g/mol. The van der Waals surface area contributed by atoms with E-state index in [1.54, 1.807) is 17.8 Å². The summed E-state index contributed by atoms with van der Waals surface area (Å²) in [6.07, 6.45) is 2.71. The van der Waals surface area contributed by atoms with E-state index >= 15 is 0 Å². The number of rotatable bonds is 4. The average Bonchev–Trinajstić information content (AvgIpc) is 2.94. The molecule has 1 unspecified atom stereocenters. The number of thioether (sulfide) groups is 1. The van der Waals surface area contributed by atoms with Gasteiger partial charge in [-0.15, -0.1) is 11.8 Å². The van der Waals surface area contributed by atoms with Gasteiger partial charge in [-0.2, -0.15) is 0 Å². The van der Waals surface area contributed by atoms with Gasteiger partial charge in [0.05, 0.1) is 5.69 Å². The molecule has 2 aliphatic rings. The van der Waals surface area contributed by atoms with E-state index in [2.05, 4.69) is 16.0 Å². The molecule has 1 saturated heterocycles. The first-order chi connectivity index (χ1) is 10.7. The fourth-order valence-corrected chi connectivity index (χ4v) is 3.75. The zero-order valence-electron chi connectivity index (χ0n) is 12.5. The van der Waals surface area contributed by atoms with Gasteiger partial charge in [0.1, 0.15) is 0 Å². The molecule has 0 saturated carbocycles. The molecule has 22 heavy (non-hydrogen) atoms. The normalized spacial score (nSPS) is 20.9. The van der Waals surface area contributed by atoms with E-state index in [4.69, 9.17) is 0 Å². The van der Waals surface area contributed by atoms with Crippen molar-refractivity contribution < 1.29 is 9.59 Å². The second-order valence-corrected chi connectivity index (χ2v) is 6.90. The molecule has 0 bridgehead atoms. The second-order valence-electron chi connectivity index (χ2n) is 5.76. The number of carbonyl (C=O) groups excluding carboxylic acids is 2. The van der Waals surface area contributed by atoms with Crippen LogP contribution in [0.4, 0.5) is 5.69 Å². The smallest absolute Gasteiger partial charge is 0.251 e. The number of amides is 2. The Morgan fingerprint density at radius 1 is 1.41 bits per heavy atom. The lowest BCUT2D eigenvalue weighted by molar-refractivity contribution is -0.115. The van der Waals surface area contributed by atoms with Crippen LogP contribution in [-0.2, 0) is 4.79 Å². The van der Waals surface area contributed by atoms with Crippen LogP contribution in [-0.4, -0.2) is 37.2 Å². The molecular formula is C16H21N3O2S. The molecule has 1 aromatic rings. The third-order valence-corrected chi connectivity index (χ3v) is 5.18. The van der Waals surface area contributed by atoms with Gasteiger partial charge in [0.2, 0.25) is 5.91 Å². The van der Waals surface area contributed by atoms with E-state index in [9.17, 15) is 9.59 Å². The van der Waals surface area contributed by atoms with Crippen molar-refractivity contribution in [1.82, 2.24) is 10.6 Å². The third-order valence-electron chi connectivity index (χ3n) is 4.10. The maximum Gasteiger partial charge on any atom is 0.251 e. The number of nitrogens with one attached hydrogen (secondary N) is 3. The van der Waals surface area contributed by atoms with Gasteiger partial charge in [-0.3, -0.25) is 9.59 Å². The van der Waals surface area contributed by atoms with Crippen LogP contribution in [0.3, 0.4) is 0 Å². The Labute approximate surface area is 134 Å².